The fraction of sp³-hybridized carbons (Fsp3) is 0.600. The number of hydrogen-bond donors (Lipinski definition) is 0. The first kappa shape index (κ1) is 13.5. The summed E-state index contributed by atoms with van der Waals surface area (Å²) in [6.07, 6.45) is 5.57. The maximum Gasteiger partial charge on any atom is 0.0806 e. The maximum atomic E-state index is 2.50. The third-order valence-corrected chi connectivity index (χ3v) is 6.99. The fourth-order valence-corrected chi connectivity index (χ4v) is 4.63. The highest BCUT2D eigenvalue weighted by Gasteiger charge is 2.22. The predicted octanol–water partition coefficient (Wildman–Crippen LogP) is 4.49. The summed E-state index contributed by atoms with van der Waals surface area (Å²) in [4.78, 5) is 0. The molecule has 1 heteroatoms. The Bertz CT molecular complexity index is 298. The van der Waals surface area contributed by atoms with Crippen molar-refractivity contribution in [3.8, 4) is 0 Å². The van der Waals surface area contributed by atoms with Gasteiger partial charge in [0, 0.05) is 0 Å². The molecule has 0 nitrogen and oxygen atoms in total. The quantitative estimate of drug-likeness (QED) is 0.502. The molecule has 1 aromatic carbocycles. The van der Waals surface area contributed by atoms with Crippen LogP contribution in [0.2, 0.25) is 19.1 Å². The van der Waals surface area contributed by atoms with Crippen LogP contribution in [0.4, 0.5) is 0 Å². The predicted molar refractivity (Wildman–Crippen MR) is 77.2 cm³/mol. The molecule has 0 amide bonds. The van der Waals surface area contributed by atoms with Crippen LogP contribution in [0.5, 0.6) is 0 Å². The van der Waals surface area contributed by atoms with Crippen LogP contribution < -0.4 is 5.19 Å². The first-order valence-electron chi connectivity index (χ1n) is 6.63. The summed E-state index contributed by atoms with van der Waals surface area (Å²) < 4.78 is 0. The molecule has 0 N–H and O–H groups in total. The van der Waals surface area contributed by atoms with E-state index in [2.05, 4.69) is 51.2 Å². The zero-order valence-electron chi connectivity index (χ0n) is 11.3. The smallest absolute Gasteiger partial charge is 0.0654 e. The van der Waals surface area contributed by atoms with E-state index in [1.807, 2.05) is 0 Å². The Morgan fingerprint density at radius 2 is 1.56 bits per heavy atom. The molecule has 0 saturated carbocycles. The number of hydrogen-bond acceptors (Lipinski definition) is 0. The molecule has 0 atom stereocenters. The summed E-state index contributed by atoms with van der Waals surface area (Å²) in [5.41, 5.74) is 1.37. The summed E-state index contributed by atoms with van der Waals surface area (Å²) in [6, 6.07) is 10.7. The first-order chi connectivity index (χ1) is 7.56. The molecule has 0 fully saturated rings. The standard InChI is InChI=1S/C15H26Si/c1-5-6-7-8-13-16(3,4)15-11-9-14(2)10-12-15/h9-12H,5-8,13H2,1-4H3. The molecule has 0 spiro atoms. The zero-order chi connectivity index (χ0) is 12.0. The minimum Gasteiger partial charge on any atom is -0.0654 e. The van der Waals surface area contributed by atoms with E-state index < -0.39 is 8.07 Å². The Kier molecular flexibility index (Phi) is 5.27. The molecule has 1 rings (SSSR count). The van der Waals surface area contributed by atoms with Crippen molar-refractivity contribution in [2.75, 3.05) is 0 Å². The summed E-state index contributed by atoms with van der Waals surface area (Å²) in [6.45, 7) is 9.45. The third kappa shape index (κ3) is 4.13. The lowest BCUT2D eigenvalue weighted by molar-refractivity contribution is 0.697. The van der Waals surface area contributed by atoms with E-state index in [1.165, 1.54) is 37.3 Å². The van der Waals surface area contributed by atoms with Crippen LogP contribution in [0, 0.1) is 6.92 Å². The monoisotopic (exact) mass is 234 g/mol. The highest BCUT2D eigenvalue weighted by Crippen LogP contribution is 2.15. The molecule has 0 aliphatic heterocycles. The van der Waals surface area contributed by atoms with Crippen LogP contribution >= 0.6 is 0 Å². The molecular formula is C15H26Si. The van der Waals surface area contributed by atoms with Gasteiger partial charge >= 0.3 is 0 Å². The largest absolute Gasteiger partial charge is 0.0806 e. The van der Waals surface area contributed by atoms with E-state index in [-0.39, 0.29) is 0 Å². The first-order valence-corrected chi connectivity index (χ1v) is 9.84. The Morgan fingerprint density at radius 1 is 0.938 bits per heavy atom. The molecule has 0 unspecified atom stereocenters. The lowest BCUT2D eigenvalue weighted by Gasteiger charge is -2.23. The zero-order valence-corrected chi connectivity index (χ0v) is 12.3. The molecule has 0 saturated heterocycles. The van der Waals surface area contributed by atoms with Gasteiger partial charge in [0.05, 0.1) is 8.07 Å². The summed E-state index contributed by atoms with van der Waals surface area (Å²) >= 11 is 0. The van der Waals surface area contributed by atoms with Crippen molar-refractivity contribution in [2.24, 2.45) is 0 Å². The van der Waals surface area contributed by atoms with Gasteiger partial charge in [0.1, 0.15) is 0 Å². The van der Waals surface area contributed by atoms with E-state index in [0.29, 0.717) is 0 Å². The molecule has 0 bridgehead atoms. The number of aryl methyl sites for hydroxylation is 1. The Balaban J connectivity index is 2.52. The Hall–Kier alpha value is -0.563. The molecule has 90 valence electrons. The molecule has 0 heterocycles. The SMILES string of the molecule is CCCCCC[Si](C)(C)c1ccc(C)cc1. The molecular weight excluding hydrogens is 208 g/mol. The molecule has 0 aromatic heterocycles. The van der Waals surface area contributed by atoms with Gasteiger partial charge < -0.3 is 0 Å². The second-order valence-electron chi connectivity index (χ2n) is 5.56. The van der Waals surface area contributed by atoms with Gasteiger partial charge in [0.15, 0.2) is 0 Å². The normalized spacial score (nSPS) is 11.8. The van der Waals surface area contributed by atoms with E-state index in [9.17, 15) is 0 Å². The van der Waals surface area contributed by atoms with E-state index in [1.54, 1.807) is 5.19 Å². The van der Waals surface area contributed by atoms with Crippen molar-refractivity contribution in [3.05, 3.63) is 29.8 Å². The molecule has 0 aliphatic rings. The molecule has 1 aromatic rings. The summed E-state index contributed by atoms with van der Waals surface area (Å²) in [5.74, 6) is 0. The van der Waals surface area contributed by atoms with Crippen LogP contribution in [0.3, 0.4) is 0 Å². The number of benzene rings is 1. The van der Waals surface area contributed by atoms with E-state index >= 15 is 0 Å². The van der Waals surface area contributed by atoms with Crippen LogP contribution in [-0.2, 0) is 0 Å². The summed E-state index contributed by atoms with van der Waals surface area (Å²) in [5, 5.41) is 1.62. The van der Waals surface area contributed by atoms with Crippen molar-refractivity contribution in [1.29, 1.82) is 0 Å². The van der Waals surface area contributed by atoms with Gasteiger partial charge in [-0.15, -0.1) is 0 Å². The van der Waals surface area contributed by atoms with Crippen LogP contribution in [-0.4, -0.2) is 8.07 Å². The van der Waals surface area contributed by atoms with Gasteiger partial charge in [0.2, 0.25) is 0 Å². The molecule has 0 aliphatic carbocycles. The second kappa shape index (κ2) is 6.24. The van der Waals surface area contributed by atoms with Crippen molar-refractivity contribution in [2.45, 2.75) is 58.7 Å². The van der Waals surface area contributed by atoms with E-state index in [4.69, 9.17) is 0 Å². The average molecular weight is 234 g/mol. The minimum atomic E-state index is -1.15. The fourth-order valence-electron chi connectivity index (χ4n) is 2.14. The maximum absolute atomic E-state index is 2.50. The lowest BCUT2D eigenvalue weighted by Crippen LogP contribution is -2.40. The van der Waals surface area contributed by atoms with Gasteiger partial charge in [0.25, 0.3) is 0 Å². The van der Waals surface area contributed by atoms with Crippen molar-refractivity contribution < 1.29 is 0 Å². The van der Waals surface area contributed by atoms with Crippen LogP contribution in [0.1, 0.15) is 38.2 Å². The highest BCUT2D eigenvalue weighted by atomic mass is 28.3. The van der Waals surface area contributed by atoms with Crippen molar-refractivity contribution >= 4 is 13.3 Å². The van der Waals surface area contributed by atoms with Gasteiger partial charge in [-0.3, -0.25) is 0 Å². The Labute approximate surface area is 102 Å². The second-order valence-corrected chi connectivity index (χ2v) is 10.4. The van der Waals surface area contributed by atoms with Crippen LogP contribution in [0.15, 0.2) is 24.3 Å². The van der Waals surface area contributed by atoms with Gasteiger partial charge in [-0.05, 0) is 6.92 Å². The van der Waals surface area contributed by atoms with Crippen molar-refractivity contribution in [3.63, 3.8) is 0 Å². The van der Waals surface area contributed by atoms with Crippen LogP contribution in [0.25, 0.3) is 0 Å². The number of unbranched alkanes of at least 4 members (excludes halogenated alkanes) is 3. The third-order valence-electron chi connectivity index (χ3n) is 3.49. The summed E-state index contributed by atoms with van der Waals surface area (Å²) in [7, 11) is -1.15. The lowest BCUT2D eigenvalue weighted by atomic mass is 10.2. The topological polar surface area (TPSA) is 0 Å². The minimum absolute atomic E-state index is 1.15. The van der Waals surface area contributed by atoms with E-state index in [0.717, 1.165) is 0 Å². The number of rotatable bonds is 6. The van der Waals surface area contributed by atoms with Gasteiger partial charge in [-0.25, -0.2) is 0 Å². The molecule has 16 heavy (non-hydrogen) atoms. The highest BCUT2D eigenvalue weighted by molar-refractivity contribution is 6.89. The molecule has 0 radical (unpaired) electrons. The van der Waals surface area contributed by atoms with Crippen molar-refractivity contribution in [1.82, 2.24) is 0 Å². The van der Waals surface area contributed by atoms with Gasteiger partial charge in [-0.1, -0.05) is 86.8 Å². The van der Waals surface area contributed by atoms with Gasteiger partial charge in [-0.2, -0.15) is 0 Å². The Morgan fingerprint density at radius 3 is 2.12 bits per heavy atom. The average Bonchev–Trinajstić information content (AvgIpc) is 2.25.